The molecule has 118 valence electrons. The number of methoxy groups -OCH3 is 1. The van der Waals surface area contributed by atoms with Gasteiger partial charge < -0.3 is 15.8 Å². The molecule has 1 amide bonds. The molecule has 0 unspecified atom stereocenters. The largest absolute Gasteiger partial charge is 0.497 e. The second-order valence-electron chi connectivity index (χ2n) is 4.92. The highest BCUT2D eigenvalue weighted by molar-refractivity contribution is 7.97. The third-order valence-corrected chi connectivity index (χ3v) is 5.38. The third kappa shape index (κ3) is 2.44. The van der Waals surface area contributed by atoms with Gasteiger partial charge in [-0.05, 0) is 18.2 Å². The van der Waals surface area contributed by atoms with Crippen molar-refractivity contribution in [2.75, 3.05) is 12.4 Å². The first kappa shape index (κ1) is 15.1. The Morgan fingerprint density at radius 2 is 1.87 bits per heavy atom. The predicted octanol–water partition coefficient (Wildman–Crippen LogP) is 1.75. The topological polar surface area (TPSA) is 98.5 Å². The molecular formula is C16H14N2O4S. The second kappa shape index (κ2) is 5.44. The first-order valence-corrected chi connectivity index (χ1v) is 8.23. The Morgan fingerprint density at radius 3 is 2.57 bits per heavy atom. The van der Waals surface area contributed by atoms with E-state index in [9.17, 15) is 13.2 Å². The molecule has 1 aliphatic heterocycles. The number of rotatable bonds is 4. The average molecular weight is 330 g/mol. The molecule has 7 heteroatoms. The van der Waals surface area contributed by atoms with Crippen molar-refractivity contribution in [2.24, 2.45) is 5.73 Å². The zero-order valence-electron chi connectivity index (χ0n) is 12.2. The molecule has 0 fully saturated rings. The fourth-order valence-corrected chi connectivity index (χ4v) is 4.13. The zero-order chi connectivity index (χ0) is 16.6. The number of benzene rings is 2. The summed E-state index contributed by atoms with van der Waals surface area (Å²) in [6.45, 7) is 0. The van der Waals surface area contributed by atoms with Crippen LogP contribution >= 0.6 is 0 Å². The quantitative estimate of drug-likeness (QED) is 0.890. The Morgan fingerprint density at radius 1 is 1.13 bits per heavy atom. The van der Waals surface area contributed by atoms with Crippen LogP contribution in [-0.2, 0) is 14.6 Å². The molecule has 0 atom stereocenters. The van der Waals surface area contributed by atoms with Gasteiger partial charge in [-0.3, -0.25) is 4.79 Å². The molecule has 3 N–H and O–H groups in total. The van der Waals surface area contributed by atoms with Gasteiger partial charge in [0.15, 0.2) is 4.91 Å². The molecule has 0 radical (unpaired) electrons. The van der Waals surface area contributed by atoms with E-state index >= 15 is 0 Å². The highest BCUT2D eigenvalue weighted by Gasteiger charge is 2.38. The van der Waals surface area contributed by atoms with Gasteiger partial charge >= 0.3 is 0 Å². The second-order valence-corrected chi connectivity index (χ2v) is 6.78. The summed E-state index contributed by atoms with van der Waals surface area (Å²) in [5.74, 6) is -0.392. The molecule has 6 nitrogen and oxygen atoms in total. The number of ether oxygens (including phenoxy) is 1. The Hall–Kier alpha value is -2.80. The number of carbonyl (C=O) groups is 1. The summed E-state index contributed by atoms with van der Waals surface area (Å²) >= 11 is 0. The molecule has 0 aromatic heterocycles. The van der Waals surface area contributed by atoms with Crippen LogP contribution in [0.4, 0.5) is 5.69 Å². The molecule has 2 aromatic rings. The van der Waals surface area contributed by atoms with Gasteiger partial charge in [-0.25, -0.2) is 8.42 Å². The van der Waals surface area contributed by atoms with Crippen LogP contribution in [0.25, 0.3) is 5.70 Å². The van der Waals surface area contributed by atoms with Gasteiger partial charge in [0.25, 0.3) is 5.91 Å². The number of sulfone groups is 1. The number of carbonyl (C=O) groups excluding carboxylic acids is 1. The first-order valence-electron chi connectivity index (χ1n) is 6.75. The summed E-state index contributed by atoms with van der Waals surface area (Å²) in [7, 11) is -2.39. The number of hydrogen-bond acceptors (Lipinski definition) is 5. The Kier molecular flexibility index (Phi) is 3.57. The standard InChI is InChI=1S/C16H14N2O4S/c1-22-11-6-4-5-10(9-11)18-14-12-7-2-3-8-13(12)23(20,21)15(14)16(17)19/h2-9,18H,1H3,(H2,17,19). The average Bonchev–Trinajstić information content (AvgIpc) is 2.75. The molecule has 0 saturated carbocycles. The smallest absolute Gasteiger partial charge is 0.262 e. The minimum absolute atomic E-state index is 0.0687. The highest BCUT2D eigenvalue weighted by Crippen LogP contribution is 2.39. The van der Waals surface area contributed by atoms with Crippen molar-refractivity contribution in [3.05, 3.63) is 59.0 Å². The van der Waals surface area contributed by atoms with Gasteiger partial charge in [-0.15, -0.1) is 0 Å². The van der Waals surface area contributed by atoms with Gasteiger partial charge in [-0.2, -0.15) is 0 Å². The number of anilines is 1. The summed E-state index contributed by atoms with van der Waals surface area (Å²) in [4.78, 5) is 11.4. The maximum Gasteiger partial charge on any atom is 0.262 e. The zero-order valence-corrected chi connectivity index (χ0v) is 13.1. The van der Waals surface area contributed by atoms with Crippen molar-refractivity contribution in [1.82, 2.24) is 0 Å². The van der Waals surface area contributed by atoms with E-state index in [1.54, 1.807) is 42.5 Å². The highest BCUT2D eigenvalue weighted by atomic mass is 32.2. The molecule has 0 spiro atoms. The number of nitrogens with one attached hydrogen (secondary N) is 1. The molecule has 2 aromatic carbocycles. The summed E-state index contributed by atoms with van der Waals surface area (Å²) in [5, 5.41) is 2.98. The van der Waals surface area contributed by atoms with Crippen LogP contribution in [0.2, 0.25) is 0 Å². The summed E-state index contributed by atoms with van der Waals surface area (Å²) < 4.78 is 30.2. The van der Waals surface area contributed by atoms with Crippen LogP contribution in [0.3, 0.4) is 0 Å². The molecule has 3 rings (SSSR count). The van der Waals surface area contributed by atoms with Gasteiger partial charge in [-0.1, -0.05) is 24.3 Å². The fraction of sp³-hybridized carbons (Fsp3) is 0.0625. The first-order chi connectivity index (χ1) is 10.9. The predicted molar refractivity (Wildman–Crippen MR) is 86.4 cm³/mol. The summed E-state index contributed by atoms with van der Waals surface area (Å²) in [5.41, 5.74) is 6.50. The maximum atomic E-state index is 12.5. The van der Waals surface area contributed by atoms with E-state index in [-0.39, 0.29) is 10.6 Å². The minimum Gasteiger partial charge on any atom is -0.497 e. The lowest BCUT2D eigenvalue weighted by Crippen LogP contribution is -2.20. The van der Waals surface area contributed by atoms with E-state index < -0.39 is 20.6 Å². The van der Waals surface area contributed by atoms with Crippen molar-refractivity contribution in [2.45, 2.75) is 4.90 Å². The van der Waals surface area contributed by atoms with Crippen LogP contribution in [0, 0.1) is 0 Å². The minimum atomic E-state index is -3.92. The number of nitrogens with two attached hydrogens (primary N) is 1. The number of hydrogen-bond donors (Lipinski definition) is 2. The van der Waals surface area contributed by atoms with E-state index in [1.165, 1.54) is 13.2 Å². The summed E-state index contributed by atoms with van der Waals surface area (Å²) in [6, 6.07) is 13.3. The van der Waals surface area contributed by atoms with Crippen LogP contribution in [0.15, 0.2) is 58.3 Å². The number of primary amides is 1. The van der Waals surface area contributed by atoms with E-state index in [1.807, 2.05) is 0 Å². The van der Waals surface area contributed by atoms with Crippen molar-refractivity contribution in [3.63, 3.8) is 0 Å². The SMILES string of the molecule is COc1cccc(NC2=C(C(N)=O)S(=O)(=O)c3ccccc32)c1. The Labute approximate surface area is 133 Å². The third-order valence-electron chi connectivity index (χ3n) is 3.50. The van der Waals surface area contributed by atoms with Crippen LogP contribution in [0.5, 0.6) is 5.75 Å². The molecule has 0 aliphatic carbocycles. The van der Waals surface area contributed by atoms with Crippen molar-refractivity contribution >= 4 is 27.1 Å². The molecule has 0 saturated heterocycles. The normalized spacial score (nSPS) is 15.2. The maximum absolute atomic E-state index is 12.5. The summed E-state index contributed by atoms with van der Waals surface area (Å²) in [6.07, 6.45) is 0. The van der Waals surface area contributed by atoms with Gasteiger partial charge in [0.05, 0.1) is 17.7 Å². The van der Waals surface area contributed by atoms with Crippen LogP contribution in [0.1, 0.15) is 5.56 Å². The van der Waals surface area contributed by atoms with Gasteiger partial charge in [0.2, 0.25) is 9.84 Å². The van der Waals surface area contributed by atoms with Crippen molar-refractivity contribution in [1.29, 1.82) is 0 Å². The molecular weight excluding hydrogens is 316 g/mol. The van der Waals surface area contributed by atoms with Crippen molar-refractivity contribution < 1.29 is 17.9 Å². The molecule has 0 bridgehead atoms. The van der Waals surface area contributed by atoms with Gasteiger partial charge in [0.1, 0.15) is 5.75 Å². The molecule has 1 aliphatic rings. The van der Waals surface area contributed by atoms with E-state index in [0.717, 1.165) is 0 Å². The molecule has 1 heterocycles. The van der Waals surface area contributed by atoms with Crippen molar-refractivity contribution in [3.8, 4) is 5.75 Å². The van der Waals surface area contributed by atoms with E-state index in [0.29, 0.717) is 17.0 Å². The van der Waals surface area contributed by atoms with Gasteiger partial charge in [0, 0.05) is 17.3 Å². The number of fused-ring (bicyclic) bond motifs is 1. The van der Waals surface area contributed by atoms with E-state index in [2.05, 4.69) is 5.32 Å². The Balaban J connectivity index is 2.17. The van der Waals surface area contributed by atoms with Crippen LogP contribution in [-0.4, -0.2) is 21.4 Å². The lowest BCUT2D eigenvalue weighted by molar-refractivity contribution is -0.113. The number of amides is 1. The lowest BCUT2D eigenvalue weighted by atomic mass is 10.1. The Bertz CT molecular complexity index is 933. The monoisotopic (exact) mass is 330 g/mol. The molecule has 23 heavy (non-hydrogen) atoms. The lowest BCUT2D eigenvalue weighted by Gasteiger charge is -2.10. The fourth-order valence-electron chi connectivity index (χ4n) is 2.50. The van der Waals surface area contributed by atoms with Crippen LogP contribution < -0.4 is 15.8 Å². The van der Waals surface area contributed by atoms with E-state index in [4.69, 9.17) is 10.5 Å².